The second kappa shape index (κ2) is 8.59. The van der Waals surface area contributed by atoms with Gasteiger partial charge in [-0.3, -0.25) is 4.79 Å². The van der Waals surface area contributed by atoms with Crippen LogP contribution in [0.1, 0.15) is 11.1 Å². The van der Waals surface area contributed by atoms with Gasteiger partial charge in [-0.1, -0.05) is 11.6 Å². The maximum atomic E-state index is 12.7. The fourth-order valence-corrected chi connectivity index (χ4v) is 2.21. The van der Waals surface area contributed by atoms with Gasteiger partial charge in [-0.05, 0) is 54.1 Å². The van der Waals surface area contributed by atoms with Gasteiger partial charge in [0, 0.05) is 29.5 Å². The van der Waals surface area contributed by atoms with Crippen molar-refractivity contribution < 1.29 is 22.8 Å². The second-order valence-corrected chi connectivity index (χ2v) is 5.75. The van der Waals surface area contributed by atoms with Crippen molar-refractivity contribution >= 4 is 41.0 Å². The van der Waals surface area contributed by atoms with Crippen molar-refractivity contribution in [1.82, 2.24) is 5.32 Å². The van der Waals surface area contributed by atoms with Crippen LogP contribution < -0.4 is 16.0 Å². The monoisotopic (exact) mass is 397 g/mol. The lowest BCUT2D eigenvalue weighted by Crippen LogP contribution is -2.24. The highest BCUT2D eigenvalue weighted by atomic mass is 35.5. The Balaban J connectivity index is 2.04. The summed E-state index contributed by atoms with van der Waals surface area (Å²) in [5, 5.41) is 7.61. The first kappa shape index (κ1) is 20.3. The molecular weight excluding hydrogens is 383 g/mol. The number of carbonyl (C=O) groups excluding carboxylic acids is 2. The van der Waals surface area contributed by atoms with Crippen molar-refractivity contribution in [2.45, 2.75) is 6.18 Å². The van der Waals surface area contributed by atoms with Crippen molar-refractivity contribution in [3.8, 4) is 0 Å². The van der Waals surface area contributed by atoms with Crippen LogP contribution in [0.5, 0.6) is 0 Å². The number of urea groups is 1. The Bertz CT molecular complexity index is 865. The highest BCUT2D eigenvalue weighted by Gasteiger charge is 2.30. The highest BCUT2D eigenvalue weighted by molar-refractivity contribution is 6.32. The minimum absolute atomic E-state index is 0.0757. The minimum Gasteiger partial charge on any atom is -0.341 e. The fraction of sp³-hybridized carbons (Fsp3) is 0.111. The molecule has 0 fully saturated rings. The summed E-state index contributed by atoms with van der Waals surface area (Å²) in [6.45, 7) is 0. The van der Waals surface area contributed by atoms with E-state index in [1.807, 2.05) is 0 Å². The van der Waals surface area contributed by atoms with Crippen LogP contribution in [0.4, 0.5) is 29.3 Å². The number of halogens is 4. The molecule has 3 amide bonds. The summed E-state index contributed by atoms with van der Waals surface area (Å²) in [5.41, 5.74) is 0.193. The summed E-state index contributed by atoms with van der Waals surface area (Å²) < 4.78 is 38.2. The first-order chi connectivity index (χ1) is 12.7. The number of alkyl halides is 3. The molecule has 0 spiro atoms. The molecule has 5 nitrogen and oxygen atoms in total. The Kier molecular flexibility index (Phi) is 6.46. The lowest BCUT2D eigenvalue weighted by Gasteiger charge is -2.08. The summed E-state index contributed by atoms with van der Waals surface area (Å²) in [6.07, 6.45) is -2.22. The fourth-order valence-electron chi connectivity index (χ4n) is 2.03. The molecule has 0 unspecified atom stereocenters. The first-order valence-corrected chi connectivity index (χ1v) is 8.01. The van der Waals surface area contributed by atoms with Gasteiger partial charge in [0.05, 0.1) is 5.56 Å². The van der Waals surface area contributed by atoms with Crippen LogP contribution in [0.2, 0.25) is 5.02 Å². The van der Waals surface area contributed by atoms with Gasteiger partial charge in [-0.15, -0.1) is 0 Å². The molecule has 0 bridgehead atoms. The zero-order valence-corrected chi connectivity index (χ0v) is 14.8. The number of rotatable bonds is 4. The number of hydrogen-bond donors (Lipinski definition) is 3. The van der Waals surface area contributed by atoms with Gasteiger partial charge >= 0.3 is 12.2 Å². The van der Waals surface area contributed by atoms with Crippen LogP contribution in [0, 0.1) is 0 Å². The zero-order chi connectivity index (χ0) is 20.0. The van der Waals surface area contributed by atoms with Crippen LogP contribution in [0.3, 0.4) is 0 Å². The van der Waals surface area contributed by atoms with Gasteiger partial charge in [-0.25, -0.2) is 4.79 Å². The molecule has 2 rings (SSSR count). The molecule has 27 heavy (non-hydrogen) atoms. The third-order valence-corrected chi connectivity index (χ3v) is 3.72. The van der Waals surface area contributed by atoms with Crippen molar-refractivity contribution in [2.24, 2.45) is 0 Å². The number of anilines is 2. The average molecular weight is 398 g/mol. The van der Waals surface area contributed by atoms with Gasteiger partial charge in [0.1, 0.15) is 0 Å². The Morgan fingerprint density at radius 2 is 1.59 bits per heavy atom. The predicted octanol–water partition coefficient (Wildman–Crippen LogP) is 4.76. The number of amides is 3. The van der Waals surface area contributed by atoms with E-state index in [-0.39, 0.29) is 16.6 Å². The summed E-state index contributed by atoms with van der Waals surface area (Å²) in [6, 6.07) is 8.77. The summed E-state index contributed by atoms with van der Waals surface area (Å²) >= 11 is 5.87. The normalized spacial score (nSPS) is 11.3. The van der Waals surface area contributed by atoms with Gasteiger partial charge in [-0.2, -0.15) is 13.2 Å². The third kappa shape index (κ3) is 6.03. The lowest BCUT2D eigenvalue weighted by molar-refractivity contribution is -0.137. The zero-order valence-electron chi connectivity index (χ0n) is 14.0. The van der Waals surface area contributed by atoms with E-state index < -0.39 is 17.6 Å². The smallest absolute Gasteiger partial charge is 0.341 e. The Morgan fingerprint density at radius 1 is 1.00 bits per heavy atom. The minimum atomic E-state index is -4.50. The molecule has 0 saturated heterocycles. The van der Waals surface area contributed by atoms with E-state index >= 15 is 0 Å². The van der Waals surface area contributed by atoms with Crippen molar-refractivity contribution in [3.63, 3.8) is 0 Å². The molecule has 2 aromatic carbocycles. The predicted molar refractivity (Wildman–Crippen MR) is 98.6 cm³/mol. The molecule has 142 valence electrons. The molecule has 0 saturated carbocycles. The van der Waals surface area contributed by atoms with Crippen molar-refractivity contribution in [2.75, 3.05) is 17.7 Å². The van der Waals surface area contributed by atoms with E-state index in [1.165, 1.54) is 13.1 Å². The van der Waals surface area contributed by atoms with Gasteiger partial charge in [0.25, 0.3) is 0 Å². The standard InChI is InChI=1S/C18H15ClF3N3O2/c1-23-17(27)25-14-6-4-13(5-7-14)24-16(26)9-2-11-10-12(18(20,21)22)3-8-15(11)19/h2-10H,1H3,(H,24,26)(H2,23,25,27)/b9-2+. The van der Waals surface area contributed by atoms with Gasteiger partial charge in [0.2, 0.25) is 5.91 Å². The number of benzene rings is 2. The van der Waals surface area contributed by atoms with Crippen LogP contribution >= 0.6 is 11.6 Å². The maximum absolute atomic E-state index is 12.7. The maximum Gasteiger partial charge on any atom is 0.416 e. The van der Waals surface area contributed by atoms with Crippen LogP contribution in [0.25, 0.3) is 6.08 Å². The Morgan fingerprint density at radius 3 is 2.15 bits per heavy atom. The molecule has 0 heterocycles. The second-order valence-electron chi connectivity index (χ2n) is 5.34. The van der Waals surface area contributed by atoms with Crippen molar-refractivity contribution in [3.05, 3.63) is 64.7 Å². The van der Waals surface area contributed by atoms with Gasteiger partial charge < -0.3 is 16.0 Å². The summed E-state index contributed by atoms with van der Waals surface area (Å²) in [4.78, 5) is 23.1. The molecule has 0 aromatic heterocycles. The molecule has 3 N–H and O–H groups in total. The van der Waals surface area contributed by atoms with Crippen molar-refractivity contribution in [1.29, 1.82) is 0 Å². The first-order valence-electron chi connectivity index (χ1n) is 7.63. The summed E-state index contributed by atoms with van der Waals surface area (Å²) in [5.74, 6) is -0.546. The van der Waals surface area contributed by atoms with E-state index in [0.717, 1.165) is 24.3 Å². The molecule has 0 aliphatic heterocycles. The summed E-state index contributed by atoms with van der Waals surface area (Å²) in [7, 11) is 1.48. The molecule has 0 atom stereocenters. The van der Waals surface area contributed by atoms with E-state index in [1.54, 1.807) is 24.3 Å². The highest BCUT2D eigenvalue weighted by Crippen LogP contribution is 2.32. The molecule has 0 aliphatic carbocycles. The average Bonchev–Trinajstić information content (AvgIpc) is 2.61. The molecule has 0 aliphatic rings. The van der Waals surface area contributed by atoms with Gasteiger partial charge in [0.15, 0.2) is 0 Å². The Hall–Kier alpha value is -3.00. The molecular formula is C18H15ClF3N3O2. The van der Waals surface area contributed by atoms with Crippen LogP contribution in [-0.4, -0.2) is 19.0 Å². The van der Waals surface area contributed by atoms with Crippen LogP contribution in [0.15, 0.2) is 48.5 Å². The van der Waals surface area contributed by atoms with Crippen LogP contribution in [-0.2, 0) is 11.0 Å². The van der Waals surface area contributed by atoms with E-state index in [4.69, 9.17) is 11.6 Å². The molecule has 9 heteroatoms. The van der Waals surface area contributed by atoms with E-state index in [9.17, 15) is 22.8 Å². The quantitative estimate of drug-likeness (QED) is 0.651. The SMILES string of the molecule is CNC(=O)Nc1ccc(NC(=O)/C=C/c2cc(C(F)(F)F)ccc2Cl)cc1. The topological polar surface area (TPSA) is 70.2 Å². The van der Waals surface area contributed by atoms with E-state index in [0.29, 0.717) is 11.4 Å². The number of nitrogens with one attached hydrogen (secondary N) is 3. The third-order valence-electron chi connectivity index (χ3n) is 3.37. The Labute approximate surface area is 158 Å². The molecule has 2 aromatic rings. The van der Waals surface area contributed by atoms with E-state index in [2.05, 4.69) is 16.0 Å². The number of carbonyl (C=O) groups is 2. The molecule has 0 radical (unpaired) electrons. The lowest BCUT2D eigenvalue weighted by atomic mass is 10.1. The largest absolute Gasteiger partial charge is 0.416 e. The number of hydrogen-bond acceptors (Lipinski definition) is 2.